The van der Waals surface area contributed by atoms with Gasteiger partial charge in [-0.2, -0.15) is 0 Å². The number of nitrogens with one attached hydrogen (secondary N) is 1. The summed E-state index contributed by atoms with van der Waals surface area (Å²) >= 11 is 0. The van der Waals surface area contributed by atoms with Gasteiger partial charge < -0.3 is 19.5 Å². The number of hydrogen-bond acceptors (Lipinski definition) is 5. The molecule has 2 heterocycles. The SMILES string of the molecule is Cc1ccc(CNC(=O)c2cc(CN(CC3CCCO3)C(=O)c3ccccc3)on2)cc1. The highest BCUT2D eigenvalue weighted by Gasteiger charge is 2.25. The number of benzene rings is 2. The van der Waals surface area contributed by atoms with Gasteiger partial charge >= 0.3 is 0 Å². The summed E-state index contributed by atoms with van der Waals surface area (Å²) in [5.41, 5.74) is 2.96. The van der Waals surface area contributed by atoms with Gasteiger partial charge in [-0.15, -0.1) is 0 Å². The van der Waals surface area contributed by atoms with Crippen LogP contribution in [0.5, 0.6) is 0 Å². The lowest BCUT2D eigenvalue weighted by Gasteiger charge is -2.24. The van der Waals surface area contributed by atoms with Gasteiger partial charge in [-0.3, -0.25) is 9.59 Å². The lowest BCUT2D eigenvalue weighted by Crippen LogP contribution is -2.36. The van der Waals surface area contributed by atoms with E-state index in [9.17, 15) is 9.59 Å². The Morgan fingerprint density at radius 2 is 1.91 bits per heavy atom. The van der Waals surface area contributed by atoms with Crippen molar-refractivity contribution in [1.82, 2.24) is 15.4 Å². The van der Waals surface area contributed by atoms with Gasteiger partial charge in [0.05, 0.1) is 12.6 Å². The Bertz CT molecular complexity index is 1040. The van der Waals surface area contributed by atoms with E-state index in [2.05, 4.69) is 10.5 Å². The van der Waals surface area contributed by atoms with Gasteiger partial charge in [0, 0.05) is 31.3 Å². The first kappa shape index (κ1) is 21.8. The number of rotatable bonds is 8. The summed E-state index contributed by atoms with van der Waals surface area (Å²) < 4.78 is 11.1. The Morgan fingerprint density at radius 1 is 1.12 bits per heavy atom. The van der Waals surface area contributed by atoms with Gasteiger partial charge in [-0.1, -0.05) is 53.2 Å². The number of carbonyl (C=O) groups excluding carboxylic acids is 2. The first-order valence-corrected chi connectivity index (χ1v) is 10.8. The van der Waals surface area contributed by atoms with Crippen LogP contribution in [0.4, 0.5) is 0 Å². The molecule has 1 saturated heterocycles. The zero-order valence-corrected chi connectivity index (χ0v) is 18.1. The van der Waals surface area contributed by atoms with Gasteiger partial charge in [0.15, 0.2) is 11.5 Å². The highest BCUT2D eigenvalue weighted by Crippen LogP contribution is 2.18. The second kappa shape index (κ2) is 10.2. The largest absolute Gasteiger partial charge is 0.376 e. The summed E-state index contributed by atoms with van der Waals surface area (Å²) in [7, 11) is 0. The molecule has 1 N–H and O–H groups in total. The van der Waals surface area contributed by atoms with Crippen LogP contribution < -0.4 is 5.32 Å². The van der Waals surface area contributed by atoms with Gasteiger partial charge in [-0.05, 0) is 37.5 Å². The molecule has 3 aromatic rings. The summed E-state index contributed by atoms with van der Waals surface area (Å²) in [5, 5.41) is 6.75. The van der Waals surface area contributed by atoms with E-state index < -0.39 is 0 Å². The topological polar surface area (TPSA) is 84.7 Å². The van der Waals surface area contributed by atoms with E-state index >= 15 is 0 Å². The van der Waals surface area contributed by atoms with Crippen molar-refractivity contribution in [2.75, 3.05) is 13.2 Å². The summed E-state index contributed by atoms with van der Waals surface area (Å²) in [6, 6.07) is 18.7. The van der Waals surface area contributed by atoms with Crippen LogP contribution in [0, 0.1) is 6.92 Å². The van der Waals surface area contributed by atoms with E-state index in [-0.39, 0.29) is 30.2 Å². The fourth-order valence-electron chi connectivity index (χ4n) is 3.68. The molecule has 2 aromatic carbocycles. The third-order valence-corrected chi connectivity index (χ3v) is 5.47. The van der Waals surface area contributed by atoms with Crippen LogP contribution >= 0.6 is 0 Å². The van der Waals surface area contributed by atoms with Crippen molar-refractivity contribution in [2.45, 2.75) is 39.0 Å². The van der Waals surface area contributed by atoms with Crippen molar-refractivity contribution in [1.29, 1.82) is 0 Å². The standard InChI is InChI=1S/C25H27N3O4/c1-18-9-11-19(12-10-18)15-26-24(29)23-14-22(32-27-23)17-28(16-21-8-5-13-31-21)25(30)20-6-3-2-4-7-20/h2-4,6-7,9-12,14,21H,5,8,13,15-17H2,1H3,(H,26,29). The molecule has 166 valence electrons. The molecule has 0 aliphatic carbocycles. The molecule has 7 nitrogen and oxygen atoms in total. The number of amides is 2. The average Bonchev–Trinajstić information content (AvgIpc) is 3.50. The average molecular weight is 434 g/mol. The fourth-order valence-corrected chi connectivity index (χ4v) is 3.68. The van der Waals surface area contributed by atoms with Crippen LogP contribution in [0.3, 0.4) is 0 Å². The third-order valence-electron chi connectivity index (χ3n) is 5.47. The van der Waals surface area contributed by atoms with Gasteiger partial charge in [0.1, 0.15) is 0 Å². The lowest BCUT2D eigenvalue weighted by atomic mass is 10.1. The maximum Gasteiger partial charge on any atom is 0.273 e. The maximum absolute atomic E-state index is 13.1. The van der Waals surface area contributed by atoms with Crippen LogP contribution in [-0.2, 0) is 17.8 Å². The van der Waals surface area contributed by atoms with Crippen molar-refractivity contribution < 1.29 is 18.8 Å². The Hall–Kier alpha value is -3.45. The van der Waals surface area contributed by atoms with Crippen molar-refractivity contribution in [3.05, 3.63) is 88.8 Å². The molecular formula is C25H27N3O4. The van der Waals surface area contributed by atoms with E-state index in [0.717, 1.165) is 18.4 Å². The predicted octanol–water partition coefficient (Wildman–Crippen LogP) is 3.73. The van der Waals surface area contributed by atoms with E-state index in [1.54, 1.807) is 23.1 Å². The van der Waals surface area contributed by atoms with Crippen molar-refractivity contribution in [2.24, 2.45) is 0 Å². The van der Waals surface area contributed by atoms with Crippen molar-refractivity contribution in [3.8, 4) is 0 Å². The van der Waals surface area contributed by atoms with Crippen LogP contribution in [0.15, 0.2) is 65.2 Å². The first-order valence-electron chi connectivity index (χ1n) is 10.8. The lowest BCUT2D eigenvalue weighted by molar-refractivity contribution is 0.0486. The second-order valence-corrected chi connectivity index (χ2v) is 8.03. The number of hydrogen-bond donors (Lipinski definition) is 1. The third kappa shape index (κ3) is 5.62. The Balaban J connectivity index is 1.41. The number of ether oxygens (including phenoxy) is 1. The van der Waals surface area contributed by atoms with Crippen LogP contribution in [0.2, 0.25) is 0 Å². The van der Waals surface area contributed by atoms with Crippen molar-refractivity contribution >= 4 is 11.8 Å². The summed E-state index contributed by atoms with van der Waals surface area (Å²) in [4.78, 5) is 27.3. The highest BCUT2D eigenvalue weighted by molar-refractivity contribution is 5.94. The number of carbonyl (C=O) groups is 2. The number of aromatic nitrogens is 1. The van der Waals surface area contributed by atoms with E-state index in [0.29, 0.717) is 31.0 Å². The molecule has 1 aromatic heterocycles. The fraction of sp³-hybridized carbons (Fsp3) is 0.320. The highest BCUT2D eigenvalue weighted by atomic mass is 16.5. The molecule has 1 aliphatic heterocycles. The minimum Gasteiger partial charge on any atom is -0.376 e. The summed E-state index contributed by atoms with van der Waals surface area (Å²) in [6.45, 7) is 3.81. The zero-order valence-electron chi connectivity index (χ0n) is 18.1. The van der Waals surface area contributed by atoms with Gasteiger partial charge in [-0.25, -0.2) is 0 Å². The quantitative estimate of drug-likeness (QED) is 0.585. The van der Waals surface area contributed by atoms with Gasteiger partial charge in [0.2, 0.25) is 0 Å². The molecule has 0 saturated carbocycles. The molecule has 2 amide bonds. The smallest absolute Gasteiger partial charge is 0.273 e. The second-order valence-electron chi connectivity index (χ2n) is 8.03. The molecule has 0 bridgehead atoms. The minimum atomic E-state index is -0.319. The van der Waals surface area contributed by atoms with Crippen molar-refractivity contribution in [3.63, 3.8) is 0 Å². The predicted molar refractivity (Wildman–Crippen MR) is 119 cm³/mol. The molecule has 0 spiro atoms. The molecule has 32 heavy (non-hydrogen) atoms. The molecular weight excluding hydrogens is 406 g/mol. The Kier molecular flexibility index (Phi) is 6.97. The maximum atomic E-state index is 13.1. The molecule has 1 unspecified atom stereocenters. The minimum absolute atomic E-state index is 0.00265. The first-order chi connectivity index (χ1) is 15.6. The van der Waals surface area contributed by atoms with E-state index in [4.69, 9.17) is 9.26 Å². The van der Waals surface area contributed by atoms with Crippen LogP contribution in [0.1, 0.15) is 50.6 Å². The van der Waals surface area contributed by atoms with E-state index in [1.807, 2.05) is 49.4 Å². The summed E-state index contributed by atoms with van der Waals surface area (Å²) in [5.74, 6) is 0.0243. The molecule has 1 fully saturated rings. The van der Waals surface area contributed by atoms with E-state index in [1.165, 1.54) is 5.56 Å². The van der Waals surface area contributed by atoms with Crippen LogP contribution in [-0.4, -0.2) is 41.1 Å². The molecule has 4 rings (SSSR count). The monoisotopic (exact) mass is 433 g/mol. The molecule has 1 atom stereocenters. The summed E-state index contributed by atoms with van der Waals surface area (Å²) in [6.07, 6.45) is 1.91. The number of nitrogens with zero attached hydrogens (tertiary/aromatic N) is 2. The molecule has 7 heteroatoms. The zero-order chi connectivity index (χ0) is 22.3. The Labute approximate surface area is 187 Å². The molecule has 0 radical (unpaired) electrons. The van der Waals surface area contributed by atoms with Crippen LogP contribution in [0.25, 0.3) is 0 Å². The Morgan fingerprint density at radius 3 is 2.62 bits per heavy atom. The number of aryl methyl sites for hydroxylation is 1. The molecule has 1 aliphatic rings. The van der Waals surface area contributed by atoms with Gasteiger partial charge in [0.25, 0.3) is 11.8 Å². The normalized spacial score (nSPS) is 15.5.